The van der Waals surface area contributed by atoms with Gasteiger partial charge >= 0.3 is 11.9 Å². The molecule has 0 aliphatic carbocycles. The quantitative estimate of drug-likeness (QED) is 0.0964. The summed E-state index contributed by atoms with van der Waals surface area (Å²) in [4.78, 5) is 64.7. The average Bonchev–Trinajstić information content (AvgIpc) is 3.36. The largest absolute Gasteiger partial charge is 0.426 e. The van der Waals surface area contributed by atoms with Crippen molar-refractivity contribution < 1.29 is 38.6 Å². The molecular weight excluding hydrogens is 626 g/mol. The Balaban J connectivity index is 0.00000506. The molecular formula is C25H30ClN7O8S2. The Morgan fingerprint density at radius 3 is 2.56 bits per heavy atom. The maximum atomic E-state index is 13.3. The molecule has 0 radical (unpaired) electrons. The fourth-order valence-corrected chi connectivity index (χ4v) is 6.66. The topological polar surface area (TPSA) is 209 Å². The van der Waals surface area contributed by atoms with Crippen LogP contribution in [0.15, 0.2) is 40.7 Å². The molecule has 2 aliphatic rings. The molecule has 232 valence electrons. The van der Waals surface area contributed by atoms with Gasteiger partial charge < -0.3 is 25.6 Å². The Morgan fingerprint density at radius 2 is 1.93 bits per heavy atom. The number of hydrogen-bond donors (Lipinski definition) is 3. The average molecular weight is 656 g/mol. The van der Waals surface area contributed by atoms with Crippen molar-refractivity contribution >= 4 is 65.5 Å². The lowest BCUT2D eigenvalue weighted by Crippen LogP contribution is -2.71. The third kappa shape index (κ3) is 7.35. The molecule has 0 bridgehead atoms. The van der Waals surface area contributed by atoms with Crippen LogP contribution in [0.3, 0.4) is 0 Å². The number of aliphatic hydroxyl groups is 1. The van der Waals surface area contributed by atoms with Gasteiger partial charge in [-0.05, 0) is 22.9 Å². The summed E-state index contributed by atoms with van der Waals surface area (Å²) in [5.74, 6) is -2.97. The van der Waals surface area contributed by atoms with Gasteiger partial charge in [0.1, 0.15) is 17.1 Å². The second-order valence-corrected chi connectivity index (χ2v) is 11.5. The molecule has 0 saturated carbocycles. The van der Waals surface area contributed by atoms with Crippen LogP contribution >= 0.6 is 35.9 Å². The molecule has 15 nitrogen and oxygen atoms in total. The van der Waals surface area contributed by atoms with Gasteiger partial charge in [0.25, 0.3) is 11.8 Å². The lowest BCUT2D eigenvalue weighted by atomic mass is 9.95. The van der Waals surface area contributed by atoms with E-state index in [1.807, 2.05) is 0 Å². The normalized spacial score (nSPS) is 19.7. The van der Waals surface area contributed by atoms with E-state index in [1.54, 1.807) is 19.2 Å². The summed E-state index contributed by atoms with van der Waals surface area (Å²) >= 11 is 2.55. The Bertz CT molecular complexity index is 1450. The lowest BCUT2D eigenvalue weighted by molar-refractivity contribution is -0.182. The molecule has 5 atom stereocenters. The summed E-state index contributed by atoms with van der Waals surface area (Å²) in [5.41, 5.74) is 6.37. The minimum absolute atomic E-state index is 0. The van der Waals surface area contributed by atoms with Gasteiger partial charge in [0.15, 0.2) is 11.9 Å². The number of benzene rings is 1. The number of Topliss-reactive ketones (excluding diaryl/α,β-unsaturated/α-hetero) is 1. The van der Waals surface area contributed by atoms with Crippen molar-refractivity contribution in [3.63, 3.8) is 0 Å². The van der Waals surface area contributed by atoms with Crippen LogP contribution in [0.25, 0.3) is 0 Å². The highest BCUT2D eigenvalue weighted by atomic mass is 35.5. The maximum absolute atomic E-state index is 13.3. The predicted molar refractivity (Wildman–Crippen MR) is 156 cm³/mol. The number of aryl methyl sites for hydroxylation is 1. The third-order valence-electron chi connectivity index (χ3n) is 6.28. The molecule has 1 aromatic heterocycles. The number of hydrogen-bond acceptors (Lipinski definition) is 14. The first kappa shape index (κ1) is 34.0. The number of ketones is 1. The number of nitrogens with one attached hydrogen (secondary N) is 1. The molecule has 2 aromatic rings. The van der Waals surface area contributed by atoms with E-state index in [4.69, 9.17) is 15.2 Å². The second kappa shape index (κ2) is 14.3. The molecule has 2 aliphatic heterocycles. The minimum Gasteiger partial charge on any atom is -0.426 e. The van der Waals surface area contributed by atoms with Gasteiger partial charge in [-0.25, -0.2) is 9.48 Å². The summed E-state index contributed by atoms with van der Waals surface area (Å²) in [7, 11) is 1.66. The van der Waals surface area contributed by atoms with Crippen molar-refractivity contribution in [2.24, 2.45) is 12.8 Å². The van der Waals surface area contributed by atoms with Crippen LogP contribution in [0.2, 0.25) is 0 Å². The van der Waals surface area contributed by atoms with Gasteiger partial charge in [-0.3, -0.25) is 24.1 Å². The molecule has 43 heavy (non-hydrogen) atoms. The van der Waals surface area contributed by atoms with Crippen LogP contribution < -0.4 is 11.1 Å². The van der Waals surface area contributed by atoms with Crippen LogP contribution in [0, 0.1) is 0 Å². The van der Waals surface area contributed by atoms with Gasteiger partial charge in [-0.1, -0.05) is 36.0 Å². The number of fused-ring (bicyclic) bond motifs is 1. The summed E-state index contributed by atoms with van der Waals surface area (Å²) in [6, 6.07) is 4.12. The zero-order valence-electron chi connectivity index (χ0n) is 23.5. The number of ether oxygens (including phenoxy) is 2. The number of amides is 2. The Hall–Kier alpha value is -3.51. The SMILES string of the molecule is CC(=O)OC(C)OC(=O)C1=C(CSc2nnnn2C)CS[C@H]2C(NC(=O)C(O)c3ccccc3C(=O)[C@H](C)N)C(=O)N12.Cl. The van der Waals surface area contributed by atoms with Crippen molar-refractivity contribution in [1.29, 1.82) is 0 Å². The number of aliphatic hydroxyl groups excluding tert-OH is 1. The first-order chi connectivity index (χ1) is 19.9. The summed E-state index contributed by atoms with van der Waals surface area (Å²) in [5, 5.41) is 24.4. The molecule has 1 fully saturated rings. The molecule has 4 N–H and O–H groups in total. The van der Waals surface area contributed by atoms with Gasteiger partial charge in [0.2, 0.25) is 11.4 Å². The fraction of sp³-hybridized carbons (Fsp3) is 0.440. The number of esters is 2. The highest BCUT2D eigenvalue weighted by Gasteiger charge is 2.55. The van der Waals surface area contributed by atoms with Crippen LogP contribution in [0.4, 0.5) is 0 Å². The summed E-state index contributed by atoms with van der Waals surface area (Å²) in [6.07, 6.45) is -2.97. The molecule has 1 aromatic carbocycles. The summed E-state index contributed by atoms with van der Waals surface area (Å²) < 4.78 is 11.7. The predicted octanol–water partition coefficient (Wildman–Crippen LogP) is 0.0938. The van der Waals surface area contributed by atoms with Gasteiger partial charge in [0.05, 0.1) is 6.04 Å². The van der Waals surface area contributed by atoms with E-state index in [2.05, 4.69) is 20.8 Å². The molecule has 3 unspecified atom stereocenters. The lowest BCUT2D eigenvalue weighted by Gasteiger charge is -2.50. The number of rotatable bonds is 11. The first-order valence-electron chi connectivity index (χ1n) is 12.7. The van der Waals surface area contributed by atoms with Crippen LogP contribution in [-0.4, -0.2) is 95.0 Å². The van der Waals surface area contributed by atoms with Crippen molar-refractivity contribution in [2.75, 3.05) is 11.5 Å². The van der Waals surface area contributed by atoms with E-state index in [1.165, 1.54) is 66.0 Å². The maximum Gasteiger partial charge on any atom is 0.358 e. The van der Waals surface area contributed by atoms with Crippen molar-refractivity contribution in [1.82, 2.24) is 30.4 Å². The highest BCUT2D eigenvalue weighted by Crippen LogP contribution is 2.42. The van der Waals surface area contributed by atoms with E-state index in [9.17, 15) is 29.1 Å². The van der Waals surface area contributed by atoms with Crippen molar-refractivity contribution in [2.45, 2.75) is 55.8 Å². The van der Waals surface area contributed by atoms with Crippen LogP contribution in [0.1, 0.15) is 42.8 Å². The first-order valence-corrected chi connectivity index (χ1v) is 14.7. The Kier molecular flexibility index (Phi) is 11.3. The highest BCUT2D eigenvalue weighted by molar-refractivity contribution is 8.01. The number of tetrazole rings is 1. The Labute approximate surface area is 260 Å². The number of nitrogens with two attached hydrogens (primary N) is 1. The van der Waals surface area contributed by atoms with E-state index >= 15 is 0 Å². The number of β-lactam (4-membered cyclic amide) rings is 1. The van der Waals surface area contributed by atoms with Crippen LogP contribution in [-0.2, 0) is 35.7 Å². The number of aromatic nitrogens is 4. The standard InChI is InChI=1S/C25H29N7O8S2.ClH/c1-11(26)19(34)15-7-5-6-8-16(15)20(35)21(36)27-17-22(37)32-18(24(38)40-13(3)39-12(2)33)14(9-41-23(17)32)10-42-25-28-29-30-31(25)4;/h5-8,11,13,17,20,23,35H,9-10,26H2,1-4H3,(H,27,36);1H/t11-,13?,17?,20?,23-;/m0./s1. The summed E-state index contributed by atoms with van der Waals surface area (Å²) in [6.45, 7) is 4.03. The number of nitrogens with zero attached hydrogens (tertiary/aromatic N) is 5. The van der Waals surface area contributed by atoms with E-state index in [-0.39, 0.29) is 35.0 Å². The number of halogens is 1. The van der Waals surface area contributed by atoms with E-state index in [0.29, 0.717) is 16.5 Å². The number of carbonyl (C=O) groups is 5. The monoisotopic (exact) mass is 655 g/mol. The zero-order chi connectivity index (χ0) is 30.7. The fourth-order valence-electron chi connectivity index (χ4n) is 4.32. The van der Waals surface area contributed by atoms with E-state index in [0.717, 1.165) is 0 Å². The minimum atomic E-state index is -1.75. The third-order valence-corrected chi connectivity index (χ3v) is 8.72. The van der Waals surface area contributed by atoms with Gasteiger partial charge in [-0.15, -0.1) is 29.3 Å². The smallest absolute Gasteiger partial charge is 0.358 e. The molecule has 18 heteroatoms. The van der Waals surface area contributed by atoms with Gasteiger partial charge in [-0.2, -0.15) is 0 Å². The van der Waals surface area contributed by atoms with Crippen LogP contribution in [0.5, 0.6) is 0 Å². The second-order valence-electron chi connectivity index (χ2n) is 9.45. The van der Waals surface area contributed by atoms with Crippen molar-refractivity contribution in [3.8, 4) is 0 Å². The molecule has 3 heterocycles. The zero-order valence-corrected chi connectivity index (χ0v) is 25.9. The van der Waals surface area contributed by atoms with E-state index < -0.39 is 59.4 Å². The van der Waals surface area contributed by atoms with Crippen molar-refractivity contribution in [3.05, 3.63) is 46.7 Å². The molecule has 4 rings (SSSR count). The number of thioether (sulfide) groups is 2. The van der Waals surface area contributed by atoms with Gasteiger partial charge in [0, 0.05) is 43.5 Å². The molecule has 1 saturated heterocycles. The molecule has 2 amide bonds. The Morgan fingerprint density at radius 1 is 1.23 bits per heavy atom. The molecule has 0 spiro atoms. The number of carbonyl (C=O) groups excluding carboxylic acids is 5.